The Labute approximate surface area is 236 Å². The number of nitrogens with two attached hydrogens (primary N) is 1. The molecule has 0 amide bonds. The van der Waals surface area contributed by atoms with Crippen LogP contribution in [0.1, 0.15) is 180 Å². The zero-order valence-corrected chi connectivity index (χ0v) is 26.7. The second-order valence-electron chi connectivity index (χ2n) is 11.1. The third-order valence-corrected chi connectivity index (χ3v) is 10.0. The van der Waals surface area contributed by atoms with E-state index in [1.807, 2.05) is 0 Å². The Morgan fingerprint density at radius 2 is 0.457 bits per heavy atom. The molecule has 0 atom stereocenters. The van der Waals surface area contributed by atoms with Crippen molar-refractivity contribution in [3.8, 4) is 0 Å². The summed E-state index contributed by atoms with van der Waals surface area (Å²) in [5.74, 6) is 0. The molecule has 0 spiro atoms. The minimum atomic E-state index is -2.37. The maximum atomic E-state index is 5.92. The van der Waals surface area contributed by atoms with Crippen LogP contribution in [0, 0.1) is 0 Å². The minimum absolute atomic E-state index is 0.828. The largest absolute Gasteiger partial charge is 0.341 e. The molecule has 0 aliphatic carbocycles. The first kappa shape index (κ1) is 36.0. The summed E-state index contributed by atoms with van der Waals surface area (Å²) in [7, 11) is 0. The van der Waals surface area contributed by atoms with Crippen LogP contribution < -0.4 is 5.73 Å². The minimum Gasteiger partial charge on any atom is -0.330 e. The fraction of sp³-hybridized carbons (Fsp3) is 1.00. The summed E-state index contributed by atoms with van der Waals surface area (Å²) in [6, 6.07) is -1.54. The maximum absolute atomic E-state index is 5.92. The topological polar surface area (TPSA) is 26.0 Å². The van der Waals surface area contributed by atoms with E-state index in [1.165, 1.54) is 173 Å². The molecule has 0 aliphatic rings. The first-order valence-electron chi connectivity index (χ1n) is 15.8. The van der Waals surface area contributed by atoms with E-state index in [2.05, 4.69) is 0 Å². The Bertz CT molecular complexity index is 390. The van der Waals surface area contributed by atoms with E-state index in [0.717, 1.165) is 19.0 Å². The van der Waals surface area contributed by atoms with E-state index >= 15 is 0 Å². The molecule has 0 aromatic carbocycles. The molecule has 0 aromatic rings. The highest BCUT2D eigenvalue weighted by Crippen LogP contribution is 2.27. The monoisotopic (exact) mass is 569 g/mol. The van der Waals surface area contributed by atoms with E-state index < -0.39 is 6.00 Å². The van der Waals surface area contributed by atoms with E-state index in [4.69, 9.17) is 39.0 Å². The zero-order valence-electron chi connectivity index (χ0n) is 23.4. The molecule has 0 unspecified atom stereocenters. The van der Waals surface area contributed by atoms with E-state index in [1.54, 1.807) is 0 Å². The van der Waals surface area contributed by atoms with E-state index in [0.29, 0.717) is 0 Å². The van der Waals surface area contributed by atoms with Crippen LogP contribution in [0.5, 0.6) is 0 Å². The van der Waals surface area contributed by atoms with Crippen LogP contribution in [0.25, 0.3) is 0 Å². The average molecular weight is 571 g/mol. The Kier molecular flexibility index (Phi) is 30.5. The predicted octanol–water partition coefficient (Wildman–Crippen LogP) is 12.5. The van der Waals surface area contributed by atoms with Gasteiger partial charge in [0.05, 0.1) is 0 Å². The SMILES string of the molecule is NCCCCCCCCCCCCCCCCCCCCCCCCCCCCCC[Si](Cl)(Cl)Cl. The lowest BCUT2D eigenvalue weighted by atomic mass is 10.0. The smallest absolute Gasteiger partial charge is 0.330 e. The van der Waals surface area contributed by atoms with Gasteiger partial charge in [-0.2, -0.15) is 0 Å². The summed E-state index contributed by atoms with van der Waals surface area (Å²) in [6.07, 6.45) is 39.4. The van der Waals surface area contributed by atoms with Crippen molar-refractivity contribution in [1.82, 2.24) is 0 Å². The molecule has 0 fully saturated rings. The van der Waals surface area contributed by atoms with Crippen LogP contribution in [0.15, 0.2) is 0 Å². The molecule has 0 bridgehead atoms. The second-order valence-corrected chi connectivity index (χ2v) is 20.3. The molecule has 0 aromatic heterocycles. The molecule has 1 nitrogen and oxygen atoms in total. The Balaban J connectivity index is 3.03. The van der Waals surface area contributed by atoms with Crippen molar-refractivity contribution in [2.75, 3.05) is 6.54 Å². The fourth-order valence-corrected chi connectivity index (χ4v) is 6.92. The summed E-state index contributed by atoms with van der Waals surface area (Å²) in [6.45, 7) is 0.868. The quantitative estimate of drug-likeness (QED) is 0.0518. The van der Waals surface area contributed by atoms with Gasteiger partial charge in [-0.3, -0.25) is 0 Å². The van der Waals surface area contributed by atoms with Gasteiger partial charge in [0, 0.05) is 0 Å². The molecule has 0 rings (SSSR count). The molecule has 0 saturated heterocycles. The average Bonchev–Trinajstić information content (AvgIpc) is 2.82. The first-order valence-corrected chi connectivity index (χ1v) is 21.1. The van der Waals surface area contributed by atoms with Crippen molar-refractivity contribution in [3.63, 3.8) is 0 Å². The third-order valence-electron chi connectivity index (χ3n) is 7.41. The van der Waals surface area contributed by atoms with Gasteiger partial charge in [-0.25, -0.2) is 0 Å². The Morgan fingerprint density at radius 3 is 0.629 bits per heavy atom. The number of halogens is 3. The van der Waals surface area contributed by atoms with Crippen molar-refractivity contribution in [3.05, 3.63) is 0 Å². The van der Waals surface area contributed by atoms with Gasteiger partial charge in [0.15, 0.2) is 0 Å². The van der Waals surface area contributed by atoms with Crippen LogP contribution in [-0.2, 0) is 0 Å². The van der Waals surface area contributed by atoms with Gasteiger partial charge in [-0.1, -0.05) is 173 Å². The van der Waals surface area contributed by atoms with Gasteiger partial charge in [0.1, 0.15) is 0 Å². The van der Waals surface area contributed by atoms with Crippen molar-refractivity contribution in [2.24, 2.45) is 5.73 Å². The second kappa shape index (κ2) is 29.6. The van der Waals surface area contributed by atoms with Gasteiger partial charge in [0.2, 0.25) is 0 Å². The van der Waals surface area contributed by atoms with E-state index in [-0.39, 0.29) is 0 Å². The van der Waals surface area contributed by atoms with Crippen LogP contribution >= 0.6 is 33.2 Å². The van der Waals surface area contributed by atoms with Crippen LogP contribution in [0.4, 0.5) is 0 Å². The summed E-state index contributed by atoms with van der Waals surface area (Å²) in [5.41, 5.74) is 5.54. The summed E-state index contributed by atoms with van der Waals surface area (Å²) in [5, 5.41) is 0. The van der Waals surface area contributed by atoms with Gasteiger partial charge in [-0.15, -0.1) is 33.2 Å². The lowest BCUT2D eigenvalue weighted by Gasteiger charge is -2.07. The number of unbranched alkanes of at least 4 members (excludes halogenated alkanes) is 27. The number of rotatable bonds is 30. The van der Waals surface area contributed by atoms with Crippen LogP contribution in [0.3, 0.4) is 0 Å². The lowest BCUT2D eigenvalue weighted by molar-refractivity contribution is 0.514. The van der Waals surface area contributed by atoms with Crippen molar-refractivity contribution >= 4 is 39.2 Å². The van der Waals surface area contributed by atoms with Crippen molar-refractivity contribution < 1.29 is 0 Å². The predicted molar refractivity (Wildman–Crippen MR) is 166 cm³/mol. The molecular formula is C30H62Cl3NSi. The molecule has 5 heteroatoms. The summed E-state index contributed by atoms with van der Waals surface area (Å²) >= 11 is 17.7. The fourth-order valence-electron chi connectivity index (χ4n) is 5.07. The highest BCUT2D eigenvalue weighted by atomic mass is 35.8. The molecule has 212 valence electrons. The zero-order chi connectivity index (χ0) is 25.7. The number of hydrogen-bond acceptors (Lipinski definition) is 1. The first-order chi connectivity index (χ1) is 17.1. The normalized spacial score (nSPS) is 12.0. The van der Waals surface area contributed by atoms with Gasteiger partial charge in [0.25, 0.3) is 0 Å². The standard InChI is InChI=1S/C30H62Cl3NSi/c31-35(32,33)30-28-26-24-22-20-18-16-14-12-10-8-6-4-2-1-3-5-7-9-11-13-15-17-19-21-23-25-27-29-34/h1-30,34H2. The van der Waals surface area contributed by atoms with Crippen molar-refractivity contribution in [1.29, 1.82) is 0 Å². The number of hydrogen-bond donors (Lipinski definition) is 1. The third kappa shape index (κ3) is 35.0. The van der Waals surface area contributed by atoms with Gasteiger partial charge in [-0.05, 0) is 19.0 Å². The highest BCUT2D eigenvalue weighted by Gasteiger charge is 2.23. The molecule has 0 saturated carbocycles. The summed E-state index contributed by atoms with van der Waals surface area (Å²) in [4.78, 5) is 0. The summed E-state index contributed by atoms with van der Waals surface area (Å²) < 4.78 is 0. The maximum Gasteiger partial charge on any atom is 0.341 e. The highest BCUT2D eigenvalue weighted by molar-refractivity contribution is 7.64. The van der Waals surface area contributed by atoms with Crippen molar-refractivity contribution in [2.45, 2.75) is 186 Å². The molecule has 0 radical (unpaired) electrons. The Hall–Kier alpha value is 1.05. The van der Waals surface area contributed by atoms with Gasteiger partial charge < -0.3 is 5.73 Å². The molecular weight excluding hydrogens is 509 g/mol. The molecule has 35 heavy (non-hydrogen) atoms. The van der Waals surface area contributed by atoms with E-state index in [9.17, 15) is 0 Å². The van der Waals surface area contributed by atoms with Gasteiger partial charge >= 0.3 is 6.00 Å². The van der Waals surface area contributed by atoms with Crippen LogP contribution in [0.2, 0.25) is 6.04 Å². The molecule has 2 N–H and O–H groups in total. The lowest BCUT2D eigenvalue weighted by Crippen LogP contribution is -2.07. The van der Waals surface area contributed by atoms with Crippen LogP contribution in [-0.4, -0.2) is 12.5 Å². The Morgan fingerprint density at radius 1 is 0.286 bits per heavy atom. The molecule has 0 heterocycles. The molecule has 0 aliphatic heterocycles.